The zero-order chi connectivity index (χ0) is 16.4. The fraction of sp³-hybridized carbons (Fsp3) is 0.474. The number of nitrogens with zero attached hydrogens (tertiary/aromatic N) is 2. The molecule has 1 saturated heterocycles. The van der Waals surface area contributed by atoms with Crippen LogP contribution in [-0.4, -0.2) is 35.5 Å². The number of pyridine rings is 1. The van der Waals surface area contributed by atoms with Gasteiger partial charge in [0, 0.05) is 36.3 Å². The van der Waals surface area contributed by atoms with Crippen molar-refractivity contribution in [2.45, 2.75) is 25.9 Å². The van der Waals surface area contributed by atoms with Crippen molar-refractivity contribution in [2.75, 3.05) is 19.7 Å². The second kappa shape index (κ2) is 6.65. The Bertz CT molecular complexity index is 689. The van der Waals surface area contributed by atoms with Crippen LogP contribution in [0.5, 0.6) is 0 Å². The molecule has 3 heterocycles. The Morgan fingerprint density at radius 2 is 2.42 bits per heavy atom. The van der Waals surface area contributed by atoms with Gasteiger partial charge in [-0.05, 0) is 41.8 Å². The molecule has 0 radical (unpaired) electrons. The molecule has 0 N–H and O–H groups in total. The third-order valence-corrected chi connectivity index (χ3v) is 6.16. The van der Waals surface area contributed by atoms with Crippen molar-refractivity contribution in [3.63, 3.8) is 0 Å². The Kier molecular flexibility index (Phi) is 4.37. The number of thiophene rings is 1. The monoisotopic (exact) mass is 342 g/mol. The SMILES string of the molecule is O=C(c1ccsc1)N1C[C@@H]2CCC[C@]2(COCc2cccnc2)C1. The molecule has 0 aromatic carbocycles. The van der Waals surface area contributed by atoms with Gasteiger partial charge in [-0.25, -0.2) is 0 Å². The second-order valence-corrected chi connectivity index (χ2v) is 7.78. The summed E-state index contributed by atoms with van der Waals surface area (Å²) in [5, 5.41) is 3.92. The van der Waals surface area contributed by atoms with Gasteiger partial charge in [-0.2, -0.15) is 11.3 Å². The molecular formula is C19H22N2O2S. The number of hydrogen-bond acceptors (Lipinski definition) is 4. The average molecular weight is 342 g/mol. The van der Waals surface area contributed by atoms with Gasteiger partial charge in [0.2, 0.25) is 0 Å². The predicted octanol–water partition coefficient (Wildman–Crippen LogP) is 3.60. The Morgan fingerprint density at radius 1 is 1.46 bits per heavy atom. The Morgan fingerprint density at radius 3 is 3.21 bits per heavy atom. The standard InChI is InChI=1S/C19H22N2O2S/c22-18(16-5-8-24-12-16)21-10-17-4-1-6-19(17,13-21)14-23-11-15-3-2-7-20-9-15/h2-3,5,7-9,12,17H,1,4,6,10-11,13-14H2/t17-,19+/m0/s1. The lowest BCUT2D eigenvalue weighted by Gasteiger charge is -2.28. The molecule has 0 spiro atoms. The summed E-state index contributed by atoms with van der Waals surface area (Å²) in [7, 11) is 0. The number of rotatable bonds is 5. The van der Waals surface area contributed by atoms with Crippen LogP contribution in [-0.2, 0) is 11.3 Å². The van der Waals surface area contributed by atoms with Crippen LogP contribution in [0.2, 0.25) is 0 Å². The van der Waals surface area contributed by atoms with Crippen LogP contribution < -0.4 is 0 Å². The lowest BCUT2D eigenvalue weighted by molar-refractivity contribution is 0.0264. The van der Waals surface area contributed by atoms with Crippen molar-refractivity contribution < 1.29 is 9.53 Å². The quantitative estimate of drug-likeness (QED) is 0.834. The van der Waals surface area contributed by atoms with Crippen molar-refractivity contribution in [3.05, 3.63) is 52.5 Å². The van der Waals surface area contributed by atoms with Gasteiger partial charge in [-0.15, -0.1) is 0 Å². The molecule has 1 saturated carbocycles. The molecular weight excluding hydrogens is 320 g/mol. The van der Waals surface area contributed by atoms with Crippen molar-refractivity contribution in [3.8, 4) is 0 Å². The van der Waals surface area contributed by atoms with E-state index >= 15 is 0 Å². The molecule has 0 bridgehead atoms. The summed E-state index contributed by atoms with van der Waals surface area (Å²) in [5.74, 6) is 0.756. The Hall–Kier alpha value is -1.72. The Labute approximate surface area is 146 Å². The molecule has 5 heteroatoms. The molecule has 126 valence electrons. The molecule has 1 aliphatic carbocycles. The normalized spacial score (nSPS) is 25.8. The number of carbonyl (C=O) groups excluding carboxylic acids is 1. The second-order valence-electron chi connectivity index (χ2n) is 7.00. The minimum atomic E-state index is 0.147. The number of amides is 1. The molecule has 2 fully saturated rings. The van der Waals surface area contributed by atoms with E-state index in [9.17, 15) is 4.79 Å². The Balaban J connectivity index is 1.40. The summed E-state index contributed by atoms with van der Waals surface area (Å²) in [6.07, 6.45) is 7.26. The number of carbonyl (C=O) groups is 1. The van der Waals surface area contributed by atoms with E-state index < -0.39 is 0 Å². The highest BCUT2D eigenvalue weighted by atomic mass is 32.1. The van der Waals surface area contributed by atoms with Gasteiger partial charge < -0.3 is 9.64 Å². The van der Waals surface area contributed by atoms with Crippen molar-refractivity contribution in [2.24, 2.45) is 11.3 Å². The van der Waals surface area contributed by atoms with E-state index in [1.807, 2.05) is 40.1 Å². The molecule has 2 aromatic rings. The zero-order valence-corrected chi connectivity index (χ0v) is 14.5. The first-order chi connectivity index (χ1) is 11.8. The van der Waals surface area contributed by atoms with Crippen molar-refractivity contribution in [1.29, 1.82) is 0 Å². The number of fused-ring (bicyclic) bond motifs is 1. The first-order valence-electron chi connectivity index (χ1n) is 8.55. The summed E-state index contributed by atoms with van der Waals surface area (Å²) in [6, 6.07) is 5.90. The first kappa shape index (κ1) is 15.8. The van der Waals surface area contributed by atoms with Gasteiger partial charge in [0.25, 0.3) is 5.91 Å². The van der Waals surface area contributed by atoms with E-state index in [2.05, 4.69) is 4.98 Å². The number of ether oxygens (including phenoxy) is 1. The lowest BCUT2D eigenvalue weighted by Crippen LogP contribution is -2.34. The van der Waals surface area contributed by atoms with E-state index in [0.717, 1.165) is 37.2 Å². The van der Waals surface area contributed by atoms with E-state index in [-0.39, 0.29) is 11.3 Å². The van der Waals surface area contributed by atoms with Crippen LogP contribution in [0.1, 0.15) is 35.2 Å². The first-order valence-corrected chi connectivity index (χ1v) is 9.49. The van der Waals surface area contributed by atoms with Crippen LogP contribution in [0.15, 0.2) is 41.4 Å². The molecule has 4 rings (SSSR count). The predicted molar refractivity (Wildman–Crippen MR) is 93.9 cm³/mol. The van der Waals surface area contributed by atoms with Crippen LogP contribution in [0.25, 0.3) is 0 Å². The maximum absolute atomic E-state index is 12.7. The van der Waals surface area contributed by atoms with Crippen molar-refractivity contribution >= 4 is 17.2 Å². The van der Waals surface area contributed by atoms with Gasteiger partial charge in [0.05, 0.1) is 18.8 Å². The van der Waals surface area contributed by atoms with Gasteiger partial charge in [-0.3, -0.25) is 9.78 Å². The minimum absolute atomic E-state index is 0.147. The summed E-state index contributed by atoms with van der Waals surface area (Å²) >= 11 is 1.58. The van der Waals surface area contributed by atoms with E-state index in [0.29, 0.717) is 12.5 Å². The molecule has 24 heavy (non-hydrogen) atoms. The average Bonchev–Trinajstić information content (AvgIpc) is 3.31. The highest BCUT2D eigenvalue weighted by molar-refractivity contribution is 7.08. The topological polar surface area (TPSA) is 42.4 Å². The van der Waals surface area contributed by atoms with Crippen LogP contribution in [0.4, 0.5) is 0 Å². The van der Waals surface area contributed by atoms with Crippen LogP contribution in [0, 0.1) is 11.3 Å². The summed E-state index contributed by atoms with van der Waals surface area (Å²) in [5.41, 5.74) is 2.08. The third kappa shape index (κ3) is 2.98. The number of hydrogen-bond donors (Lipinski definition) is 0. The zero-order valence-electron chi connectivity index (χ0n) is 13.7. The molecule has 4 nitrogen and oxygen atoms in total. The maximum Gasteiger partial charge on any atom is 0.254 e. The fourth-order valence-electron chi connectivity index (χ4n) is 4.23. The number of likely N-dealkylation sites (tertiary alicyclic amines) is 1. The van der Waals surface area contributed by atoms with Gasteiger partial charge >= 0.3 is 0 Å². The smallest absolute Gasteiger partial charge is 0.254 e. The molecule has 0 unspecified atom stereocenters. The maximum atomic E-state index is 12.7. The minimum Gasteiger partial charge on any atom is -0.376 e. The highest BCUT2D eigenvalue weighted by Crippen LogP contribution is 2.49. The third-order valence-electron chi connectivity index (χ3n) is 5.48. The van der Waals surface area contributed by atoms with Gasteiger partial charge in [-0.1, -0.05) is 12.5 Å². The molecule has 2 atom stereocenters. The highest BCUT2D eigenvalue weighted by Gasteiger charge is 2.50. The summed E-state index contributed by atoms with van der Waals surface area (Å²) in [6.45, 7) is 3.05. The number of aromatic nitrogens is 1. The van der Waals surface area contributed by atoms with Gasteiger partial charge in [0.15, 0.2) is 0 Å². The molecule has 1 aliphatic heterocycles. The van der Waals surface area contributed by atoms with Crippen molar-refractivity contribution in [1.82, 2.24) is 9.88 Å². The van der Waals surface area contributed by atoms with E-state index in [1.165, 1.54) is 12.8 Å². The molecule has 2 aromatic heterocycles. The van der Waals surface area contributed by atoms with Crippen LogP contribution in [0.3, 0.4) is 0 Å². The summed E-state index contributed by atoms with van der Waals surface area (Å²) in [4.78, 5) is 18.8. The summed E-state index contributed by atoms with van der Waals surface area (Å²) < 4.78 is 6.05. The lowest BCUT2D eigenvalue weighted by atomic mass is 9.81. The van der Waals surface area contributed by atoms with E-state index in [1.54, 1.807) is 17.5 Å². The van der Waals surface area contributed by atoms with Gasteiger partial charge in [0.1, 0.15) is 0 Å². The fourth-order valence-corrected chi connectivity index (χ4v) is 4.86. The van der Waals surface area contributed by atoms with Crippen LogP contribution >= 0.6 is 11.3 Å². The molecule has 2 aliphatic rings. The molecule has 1 amide bonds. The largest absolute Gasteiger partial charge is 0.376 e. The van der Waals surface area contributed by atoms with E-state index in [4.69, 9.17) is 4.74 Å².